The van der Waals surface area contributed by atoms with Crippen molar-refractivity contribution in [1.29, 1.82) is 5.26 Å². The van der Waals surface area contributed by atoms with E-state index >= 15 is 0 Å². The molecular formula is C13H11NO3. The molecule has 0 amide bonds. The minimum Gasteiger partial charge on any atom is -0.463 e. The molecule has 4 nitrogen and oxygen atoms in total. The third kappa shape index (κ3) is 2.19. The molecule has 0 aliphatic heterocycles. The normalized spacial score (nSPS) is 12.3. The van der Waals surface area contributed by atoms with Crippen LogP contribution >= 0.6 is 0 Å². The first kappa shape index (κ1) is 11.4. The highest BCUT2D eigenvalue weighted by Crippen LogP contribution is 2.14. The van der Waals surface area contributed by atoms with Gasteiger partial charge < -0.3 is 9.52 Å². The molecule has 1 aromatic heterocycles. The highest BCUT2D eigenvalue weighted by Gasteiger charge is 2.08. The summed E-state index contributed by atoms with van der Waals surface area (Å²) in [6, 6.07) is 6.93. The van der Waals surface area contributed by atoms with Crippen LogP contribution in [-0.2, 0) is 6.42 Å². The van der Waals surface area contributed by atoms with Crippen LogP contribution in [0.1, 0.15) is 18.1 Å². The van der Waals surface area contributed by atoms with Crippen LogP contribution in [0.2, 0.25) is 0 Å². The lowest BCUT2D eigenvalue weighted by molar-refractivity contribution is 0.195. The molecule has 0 aliphatic rings. The maximum Gasteiger partial charge on any atom is 0.210 e. The Kier molecular flexibility index (Phi) is 2.94. The first-order valence-electron chi connectivity index (χ1n) is 5.24. The van der Waals surface area contributed by atoms with Crippen molar-refractivity contribution in [3.05, 3.63) is 45.8 Å². The fourth-order valence-corrected chi connectivity index (χ4v) is 1.72. The number of nitriles is 1. The van der Waals surface area contributed by atoms with Gasteiger partial charge in [0.25, 0.3) is 0 Å². The van der Waals surface area contributed by atoms with E-state index in [1.165, 1.54) is 6.26 Å². The molecule has 0 radical (unpaired) electrons. The van der Waals surface area contributed by atoms with Crippen molar-refractivity contribution in [3.63, 3.8) is 0 Å². The fourth-order valence-electron chi connectivity index (χ4n) is 1.72. The van der Waals surface area contributed by atoms with Gasteiger partial charge in [-0.15, -0.1) is 0 Å². The maximum atomic E-state index is 11.9. The highest BCUT2D eigenvalue weighted by atomic mass is 16.3. The zero-order chi connectivity index (χ0) is 12.4. The first-order valence-corrected chi connectivity index (χ1v) is 5.24. The Hall–Kier alpha value is -2.12. The van der Waals surface area contributed by atoms with Gasteiger partial charge in [0.15, 0.2) is 0 Å². The van der Waals surface area contributed by atoms with Crippen LogP contribution in [0, 0.1) is 11.3 Å². The van der Waals surface area contributed by atoms with E-state index < -0.39 is 6.10 Å². The molecule has 1 N–H and O–H groups in total. The Morgan fingerprint density at radius 2 is 2.29 bits per heavy atom. The summed E-state index contributed by atoms with van der Waals surface area (Å²) in [6.45, 7) is 1.68. The van der Waals surface area contributed by atoms with E-state index in [2.05, 4.69) is 0 Å². The molecule has 0 saturated heterocycles. The van der Waals surface area contributed by atoms with Gasteiger partial charge in [0, 0.05) is 0 Å². The molecule has 4 heteroatoms. The average molecular weight is 229 g/mol. The number of nitrogens with zero attached hydrogens (tertiary/aromatic N) is 1. The minimum atomic E-state index is -0.473. The number of rotatable bonds is 2. The van der Waals surface area contributed by atoms with Gasteiger partial charge in [-0.3, -0.25) is 4.79 Å². The molecule has 0 bridgehead atoms. The lowest BCUT2D eigenvalue weighted by atomic mass is 10.1. The summed E-state index contributed by atoms with van der Waals surface area (Å²) in [5, 5.41) is 18.4. The van der Waals surface area contributed by atoms with E-state index in [1.54, 1.807) is 31.2 Å². The van der Waals surface area contributed by atoms with Gasteiger partial charge >= 0.3 is 0 Å². The van der Waals surface area contributed by atoms with E-state index in [1.807, 2.05) is 0 Å². The second-order valence-corrected chi connectivity index (χ2v) is 3.97. The largest absolute Gasteiger partial charge is 0.463 e. The third-order valence-electron chi connectivity index (χ3n) is 2.49. The Morgan fingerprint density at radius 1 is 1.53 bits per heavy atom. The van der Waals surface area contributed by atoms with Gasteiger partial charge in [-0.2, -0.15) is 5.26 Å². The fraction of sp³-hybridized carbons (Fsp3) is 0.231. The van der Waals surface area contributed by atoms with E-state index in [-0.39, 0.29) is 11.0 Å². The number of benzene rings is 1. The summed E-state index contributed by atoms with van der Waals surface area (Å²) in [5.74, 6) is 0. The molecule has 0 spiro atoms. The number of fused-ring (bicyclic) bond motifs is 1. The van der Waals surface area contributed by atoms with E-state index in [0.29, 0.717) is 17.4 Å². The number of hydrogen-bond donors (Lipinski definition) is 1. The van der Waals surface area contributed by atoms with Crippen molar-refractivity contribution >= 4 is 11.0 Å². The second kappa shape index (κ2) is 4.40. The smallest absolute Gasteiger partial charge is 0.210 e. The second-order valence-electron chi connectivity index (χ2n) is 3.97. The Labute approximate surface area is 97.7 Å². The van der Waals surface area contributed by atoms with E-state index in [0.717, 1.165) is 5.56 Å². The third-order valence-corrected chi connectivity index (χ3v) is 2.49. The predicted octanol–water partition coefficient (Wildman–Crippen LogP) is 1.59. The zero-order valence-electron chi connectivity index (χ0n) is 9.30. The van der Waals surface area contributed by atoms with Gasteiger partial charge in [-0.05, 0) is 31.0 Å². The summed E-state index contributed by atoms with van der Waals surface area (Å²) in [7, 11) is 0. The summed E-state index contributed by atoms with van der Waals surface area (Å²) >= 11 is 0. The predicted molar refractivity (Wildman–Crippen MR) is 62.6 cm³/mol. The number of hydrogen-bond acceptors (Lipinski definition) is 4. The van der Waals surface area contributed by atoms with Crippen LogP contribution in [-0.4, -0.2) is 11.2 Å². The summed E-state index contributed by atoms with van der Waals surface area (Å²) in [6.07, 6.45) is 1.16. The van der Waals surface area contributed by atoms with Crippen molar-refractivity contribution in [2.75, 3.05) is 0 Å². The Balaban J connectivity index is 2.63. The molecule has 1 aromatic carbocycles. The SMILES string of the molecule is CC(O)Cc1ccc2occ(C#N)c(=O)c2c1. The monoisotopic (exact) mass is 229 g/mol. The van der Waals surface area contributed by atoms with Gasteiger partial charge in [0.05, 0.1) is 11.5 Å². The molecular weight excluding hydrogens is 218 g/mol. The van der Waals surface area contributed by atoms with Gasteiger partial charge in [-0.1, -0.05) is 6.07 Å². The van der Waals surface area contributed by atoms with E-state index in [9.17, 15) is 9.90 Å². The van der Waals surface area contributed by atoms with Crippen molar-refractivity contribution in [3.8, 4) is 6.07 Å². The molecule has 0 aliphatic carbocycles. The van der Waals surface area contributed by atoms with Gasteiger partial charge in [-0.25, -0.2) is 0 Å². The van der Waals surface area contributed by atoms with Crippen molar-refractivity contribution < 1.29 is 9.52 Å². The highest BCUT2D eigenvalue weighted by molar-refractivity contribution is 5.78. The molecule has 2 rings (SSSR count). The van der Waals surface area contributed by atoms with Crippen LogP contribution in [0.25, 0.3) is 11.0 Å². The molecule has 86 valence electrons. The molecule has 1 heterocycles. The van der Waals surface area contributed by atoms with Crippen molar-refractivity contribution in [1.82, 2.24) is 0 Å². The van der Waals surface area contributed by atoms with Crippen LogP contribution in [0.15, 0.2) is 33.7 Å². The maximum absolute atomic E-state index is 11.9. The van der Waals surface area contributed by atoms with E-state index in [4.69, 9.17) is 9.68 Å². The number of aliphatic hydroxyl groups excluding tert-OH is 1. The Bertz CT molecular complexity index is 650. The molecule has 1 unspecified atom stereocenters. The Morgan fingerprint density at radius 3 is 2.94 bits per heavy atom. The summed E-state index contributed by atoms with van der Waals surface area (Å²) in [5.41, 5.74) is 0.950. The zero-order valence-corrected chi connectivity index (χ0v) is 9.30. The van der Waals surface area contributed by atoms with Gasteiger partial charge in [0.1, 0.15) is 23.5 Å². The number of aliphatic hydroxyl groups is 1. The lowest BCUT2D eigenvalue weighted by Crippen LogP contribution is -2.08. The van der Waals surface area contributed by atoms with Crippen LogP contribution in [0.5, 0.6) is 0 Å². The van der Waals surface area contributed by atoms with Crippen molar-refractivity contribution in [2.45, 2.75) is 19.4 Å². The molecule has 0 fully saturated rings. The molecule has 1 atom stereocenters. The van der Waals surface area contributed by atoms with Crippen LogP contribution in [0.4, 0.5) is 0 Å². The van der Waals surface area contributed by atoms with Crippen LogP contribution in [0.3, 0.4) is 0 Å². The molecule has 0 saturated carbocycles. The van der Waals surface area contributed by atoms with Crippen molar-refractivity contribution in [2.24, 2.45) is 0 Å². The first-order chi connectivity index (χ1) is 8.11. The topological polar surface area (TPSA) is 74.2 Å². The summed E-state index contributed by atoms with van der Waals surface area (Å²) < 4.78 is 5.19. The quantitative estimate of drug-likeness (QED) is 0.848. The molecule has 17 heavy (non-hydrogen) atoms. The standard InChI is InChI=1S/C13H11NO3/c1-8(15)4-9-2-3-12-11(5-9)13(16)10(6-14)7-17-12/h2-3,5,7-8,15H,4H2,1H3. The minimum absolute atomic E-state index is 0.00769. The van der Waals surface area contributed by atoms with Crippen LogP contribution < -0.4 is 5.43 Å². The lowest BCUT2D eigenvalue weighted by Gasteiger charge is -2.05. The average Bonchev–Trinajstić information content (AvgIpc) is 2.29. The summed E-state index contributed by atoms with van der Waals surface area (Å²) in [4.78, 5) is 11.9. The molecule has 2 aromatic rings. The van der Waals surface area contributed by atoms with Gasteiger partial charge in [0.2, 0.25) is 5.43 Å².